The van der Waals surface area contributed by atoms with E-state index in [-0.39, 0.29) is 0 Å². The molecule has 1 atom stereocenters. The highest BCUT2D eigenvalue weighted by Gasteiger charge is 2.06. The van der Waals surface area contributed by atoms with Gasteiger partial charge in [0.05, 0.1) is 0 Å². The van der Waals surface area contributed by atoms with Crippen LogP contribution in [0.25, 0.3) is 0 Å². The highest BCUT2D eigenvalue weighted by Crippen LogP contribution is 2.25. The van der Waals surface area contributed by atoms with Gasteiger partial charge in [-0.2, -0.15) is 0 Å². The number of hydrogen-bond donors (Lipinski definition) is 2. The summed E-state index contributed by atoms with van der Waals surface area (Å²) in [5, 5.41) is 6.13. The predicted octanol–water partition coefficient (Wildman–Crippen LogP) is 1.46. The molecule has 0 bridgehead atoms. The average molecular weight is 307 g/mol. The summed E-state index contributed by atoms with van der Waals surface area (Å²) >= 11 is 3.41. The van der Waals surface area contributed by atoms with E-state index in [1.807, 2.05) is 0 Å². The minimum absolute atomic E-state index is 0.703. The van der Waals surface area contributed by atoms with Crippen LogP contribution in [0.15, 0.2) is 10.8 Å². The minimum atomic E-state index is -0.732. The lowest BCUT2D eigenvalue weighted by atomic mass is 10.4. The second kappa shape index (κ2) is 6.80. The van der Waals surface area contributed by atoms with Gasteiger partial charge < -0.3 is 10.6 Å². The van der Waals surface area contributed by atoms with Gasteiger partial charge in [-0.1, -0.05) is 0 Å². The molecule has 1 aromatic heterocycles. The zero-order valence-corrected chi connectivity index (χ0v) is 11.7. The first-order valence-corrected chi connectivity index (χ1v) is 7.39. The molecule has 0 aliphatic carbocycles. The molecule has 0 saturated carbocycles. The Bertz CT molecular complexity index is 375. The average Bonchev–Trinajstić information content (AvgIpc) is 2.26. The Labute approximate surface area is 106 Å². The summed E-state index contributed by atoms with van der Waals surface area (Å²) in [5.74, 6) is 2.20. The fraction of sp³-hybridized carbons (Fsp3) is 0.556. The number of halogens is 1. The van der Waals surface area contributed by atoms with E-state index < -0.39 is 10.8 Å². The summed E-state index contributed by atoms with van der Waals surface area (Å²) in [5.41, 5.74) is 0. The van der Waals surface area contributed by atoms with Crippen molar-refractivity contribution < 1.29 is 4.21 Å². The number of nitrogens with one attached hydrogen (secondary N) is 2. The molecule has 90 valence electrons. The predicted molar refractivity (Wildman–Crippen MR) is 71.3 cm³/mol. The van der Waals surface area contributed by atoms with Gasteiger partial charge in [-0.3, -0.25) is 4.21 Å². The minimum Gasteiger partial charge on any atom is -0.372 e. The monoisotopic (exact) mass is 306 g/mol. The fourth-order valence-corrected chi connectivity index (χ4v) is 2.24. The summed E-state index contributed by atoms with van der Waals surface area (Å²) in [6.07, 6.45) is 4.06. The smallest absolute Gasteiger partial charge is 0.145 e. The Kier molecular flexibility index (Phi) is 5.68. The first-order chi connectivity index (χ1) is 7.65. The number of hydrogen-bond acceptors (Lipinski definition) is 5. The van der Waals surface area contributed by atoms with Gasteiger partial charge in [0.25, 0.3) is 0 Å². The third-order valence-electron chi connectivity index (χ3n) is 1.93. The summed E-state index contributed by atoms with van der Waals surface area (Å²) in [6, 6.07) is 0. The summed E-state index contributed by atoms with van der Waals surface area (Å²) in [4.78, 5) is 8.17. The third kappa shape index (κ3) is 4.05. The van der Waals surface area contributed by atoms with Crippen LogP contribution in [-0.4, -0.2) is 39.8 Å². The van der Waals surface area contributed by atoms with Crippen molar-refractivity contribution in [3.8, 4) is 0 Å². The van der Waals surface area contributed by atoms with E-state index in [2.05, 4.69) is 36.5 Å². The van der Waals surface area contributed by atoms with Crippen LogP contribution in [0.1, 0.15) is 6.42 Å². The zero-order chi connectivity index (χ0) is 12.0. The van der Waals surface area contributed by atoms with Crippen LogP contribution in [0, 0.1) is 0 Å². The lowest BCUT2D eigenvalue weighted by molar-refractivity contribution is 0.685. The number of rotatable bonds is 6. The Hall–Kier alpha value is -0.690. The second-order valence-corrected chi connectivity index (χ2v) is 5.54. The topological polar surface area (TPSA) is 66.9 Å². The van der Waals surface area contributed by atoms with Crippen molar-refractivity contribution in [1.29, 1.82) is 0 Å². The molecule has 1 rings (SSSR count). The van der Waals surface area contributed by atoms with Crippen molar-refractivity contribution in [2.45, 2.75) is 6.42 Å². The van der Waals surface area contributed by atoms with E-state index in [1.54, 1.807) is 13.3 Å². The van der Waals surface area contributed by atoms with Crippen LogP contribution < -0.4 is 10.6 Å². The Morgan fingerprint density at radius 3 is 2.75 bits per heavy atom. The van der Waals surface area contributed by atoms with Crippen molar-refractivity contribution in [1.82, 2.24) is 9.97 Å². The van der Waals surface area contributed by atoms with Crippen molar-refractivity contribution in [3.05, 3.63) is 10.8 Å². The van der Waals surface area contributed by atoms with Crippen LogP contribution >= 0.6 is 15.9 Å². The molecule has 0 radical (unpaired) electrons. The summed E-state index contributed by atoms with van der Waals surface area (Å²) < 4.78 is 11.7. The van der Waals surface area contributed by atoms with Gasteiger partial charge in [0, 0.05) is 36.4 Å². The molecule has 1 unspecified atom stereocenters. The lowest BCUT2D eigenvalue weighted by Gasteiger charge is -2.09. The lowest BCUT2D eigenvalue weighted by Crippen LogP contribution is -2.09. The molecule has 0 fully saturated rings. The van der Waals surface area contributed by atoms with Crippen LogP contribution in [-0.2, 0) is 10.8 Å². The Morgan fingerprint density at radius 2 is 2.12 bits per heavy atom. The maximum absolute atomic E-state index is 10.9. The fourth-order valence-electron chi connectivity index (χ4n) is 1.15. The molecular weight excluding hydrogens is 292 g/mol. The molecular formula is C9H15BrN4OS. The van der Waals surface area contributed by atoms with Crippen LogP contribution in [0.5, 0.6) is 0 Å². The molecule has 1 aromatic rings. The van der Waals surface area contributed by atoms with Crippen molar-refractivity contribution in [2.24, 2.45) is 0 Å². The molecule has 0 spiro atoms. The van der Waals surface area contributed by atoms with Gasteiger partial charge in [-0.25, -0.2) is 9.97 Å². The largest absolute Gasteiger partial charge is 0.372 e. The first-order valence-electron chi connectivity index (χ1n) is 4.87. The van der Waals surface area contributed by atoms with E-state index in [4.69, 9.17) is 0 Å². The van der Waals surface area contributed by atoms with E-state index >= 15 is 0 Å². The molecule has 1 heterocycles. The quantitative estimate of drug-likeness (QED) is 0.779. The van der Waals surface area contributed by atoms with Gasteiger partial charge >= 0.3 is 0 Å². The van der Waals surface area contributed by atoms with E-state index in [1.165, 1.54) is 6.33 Å². The zero-order valence-electron chi connectivity index (χ0n) is 9.29. The highest BCUT2D eigenvalue weighted by molar-refractivity contribution is 9.10. The Balaban J connectivity index is 2.50. The van der Waals surface area contributed by atoms with Crippen LogP contribution in [0.4, 0.5) is 11.6 Å². The van der Waals surface area contributed by atoms with Crippen LogP contribution in [0.3, 0.4) is 0 Å². The van der Waals surface area contributed by atoms with Gasteiger partial charge in [0.2, 0.25) is 0 Å². The van der Waals surface area contributed by atoms with E-state index in [9.17, 15) is 4.21 Å². The standard InChI is InChI=1S/C9H15BrN4OS/c1-11-8-7(10)9(14-6-13-8)12-4-3-5-16(2)15/h6H,3-5H2,1-2H3,(H2,11,12,13,14). The first kappa shape index (κ1) is 13.4. The summed E-state index contributed by atoms with van der Waals surface area (Å²) in [6.45, 7) is 0.748. The molecule has 16 heavy (non-hydrogen) atoms. The van der Waals surface area contributed by atoms with Crippen molar-refractivity contribution in [3.63, 3.8) is 0 Å². The van der Waals surface area contributed by atoms with Crippen molar-refractivity contribution >= 4 is 38.4 Å². The number of aromatic nitrogens is 2. The van der Waals surface area contributed by atoms with Gasteiger partial charge in [0.15, 0.2) is 0 Å². The highest BCUT2D eigenvalue weighted by atomic mass is 79.9. The SMILES string of the molecule is CNc1ncnc(NCCCS(C)=O)c1Br. The molecule has 0 aliphatic heterocycles. The molecule has 2 N–H and O–H groups in total. The molecule has 0 saturated heterocycles. The normalized spacial score (nSPS) is 12.2. The third-order valence-corrected chi connectivity index (χ3v) is 3.54. The molecule has 0 aliphatic rings. The second-order valence-electron chi connectivity index (χ2n) is 3.19. The molecule has 0 aromatic carbocycles. The maximum Gasteiger partial charge on any atom is 0.145 e. The number of anilines is 2. The van der Waals surface area contributed by atoms with Gasteiger partial charge in [-0.15, -0.1) is 0 Å². The van der Waals surface area contributed by atoms with Crippen molar-refractivity contribution in [2.75, 3.05) is 36.2 Å². The number of nitrogens with zero attached hydrogens (tertiary/aromatic N) is 2. The molecule has 5 nitrogen and oxygen atoms in total. The van der Waals surface area contributed by atoms with E-state index in [0.717, 1.165) is 29.1 Å². The molecule has 0 amide bonds. The van der Waals surface area contributed by atoms with Gasteiger partial charge in [-0.05, 0) is 22.4 Å². The summed E-state index contributed by atoms with van der Waals surface area (Å²) in [7, 11) is 1.07. The van der Waals surface area contributed by atoms with Gasteiger partial charge in [0.1, 0.15) is 22.4 Å². The maximum atomic E-state index is 10.9. The molecule has 7 heteroatoms. The Morgan fingerprint density at radius 1 is 1.44 bits per heavy atom. The van der Waals surface area contributed by atoms with Crippen LogP contribution in [0.2, 0.25) is 0 Å². The van der Waals surface area contributed by atoms with E-state index in [0.29, 0.717) is 5.75 Å².